The summed E-state index contributed by atoms with van der Waals surface area (Å²) >= 11 is 0. The Kier molecular flexibility index (Phi) is 3.61. The van der Waals surface area contributed by atoms with Crippen LogP contribution in [0.3, 0.4) is 0 Å². The average molecular weight is 233 g/mol. The Morgan fingerprint density at radius 3 is 2.82 bits per heavy atom. The molecule has 17 heavy (non-hydrogen) atoms. The highest BCUT2D eigenvalue weighted by molar-refractivity contribution is 5.71. The summed E-state index contributed by atoms with van der Waals surface area (Å²) in [7, 11) is 0. The molecule has 1 aromatic heterocycles. The van der Waals surface area contributed by atoms with Crippen molar-refractivity contribution in [2.45, 2.75) is 32.6 Å². The Hall–Kier alpha value is -1.58. The van der Waals surface area contributed by atoms with Crippen molar-refractivity contribution in [1.29, 1.82) is 0 Å². The van der Waals surface area contributed by atoms with E-state index in [1.54, 1.807) is 6.20 Å². The summed E-state index contributed by atoms with van der Waals surface area (Å²) in [5.74, 6) is -0.814. The second-order valence-corrected chi connectivity index (χ2v) is 4.49. The third-order valence-electron chi connectivity index (χ3n) is 3.24. The van der Waals surface area contributed by atoms with Gasteiger partial charge in [-0.15, -0.1) is 0 Å². The number of hydrogen-bond donors (Lipinski definition) is 1. The minimum absolute atomic E-state index is 0.0361. The Morgan fingerprint density at radius 2 is 2.18 bits per heavy atom. The zero-order valence-electron chi connectivity index (χ0n) is 10.1. The fraction of sp³-hybridized carbons (Fsp3) is 0.538. The third-order valence-corrected chi connectivity index (χ3v) is 3.24. The third kappa shape index (κ3) is 2.75. The number of nitrogens with zero attached hydrogens (tertiary/aromatic N) is 2. The molecule has 0 aromatic carbocycles. The van der Waals surface area contributed by atoms with Crippen molar-refractivity contribution >= 4 is 11.7 Å². The molecule has 0 atom stereocenters. The highest BCUT2D eigenvalue weighted by Gasteiger charge is 2.16. The summed E-state index contributed by atoms with van der Waals surface area (Å²) in [5.41, 5.74) is 2.77. The van der Waals surface area contributed by atoms with E-state index in [1.807, 2.05) is 6.92 Å². The lowest BCUT2D eigenvalue weighted by molar-refractivity contribution is -0.136. The number of aromatic nitrogens is 1. The number of carboxylic acids is 1. The number of anilines is 1. The Morgan fingerprint density at radius 1 is 1.47 bits per heavy atom. The first-order chi connectivity index (χ1) is 8.18. The maximum Gasteiger partial charge on any atom is 0.307 e. The van der Waals surface area contributed by atoms with Crippen molar-refractivity contribution in [1.82, 2.24) is 4.98 Å². The summed E-state index contributed by atoms with van der Waals surface area (Å²) in [6.07, 6.45) is 8.30. The SMILES string of the molecule is Cc1c(N2CCCCC2)[c]ncc1CC(=O)O. The number of carbonyl (C=O) groups is 1. The zero-order valence-corrected chi connectivity index (χ0v) is 10.1. The van der Waals surface area contributed by atoms with Crippen LogP contribution in [0.4, 0.5) is 5.69 Å². The van der Waals surface area contributed by atoms with Crippen LogP contribution in [0.1, 0.15) is 30.4 Å². The smallest absolute Gasteiger partial charge is 0.307 e. The van der Waals surface area contributed by atoms with Gasteiger partial charge in [0.1, 0.15) is 6.20 Å². The molecule has 1 fully saturated rings. The molecule has 91 valence electrons. The van der Waals surface area contributed by atoms with E-state index in [0.29, 0.717) is 0 Å². The van der Waals surface area contributed by atoms with Crippen molar-refractivity contribution in [3.05, 3.63) is 23.5 Å². The van der Waals surface area contributed by atoms with Crippen molar-refractivity contribution in [3.8, 4) is 0 Å². The number of piperidine rings is 1. The molecule has 2 rings (SSSR count). The van der Waals surface area contributed by atoms with Gasteiger partial charge < -0.3 is 10.0 Å². The van der Waals surface area contributed by atoms with Crippen molar-refractivity contribution < 1.29 is 9.90 Å². The van der Waals surface area contributed by atoms with Crippen LogP contribution in [0.2, 0.25) is 0 Å². The first kappa shape index (κ1) is 11.9. The molecule has 0 saturated carbocycles. The van der Waals surface area contributed by atoms with Gasteiger partial charge in [0.25, 0.3) is 0 Å². The fourth-order valence-corrected chi connectivity index (χ4v) is 2.27. The van der Waals surface area contributed by atoms with Crippen LogP contribution in [0, 0.1) is 13.1 Å². The van der Waals surface area contributed by atoms with Crippen molar-refractivity contribution in [2.75, 3.05) is 18.0 Å². The molecule has 1 aliphatic heterocycles. The van der Waals surface area contributed by atoms with Crippen LogP contribution in [0.25, 0.3) is 0 Å². The number of rotatable bonds is 3. The number of aliphatic carboxylic acids is 1. The minimum Gasteiger partial charge on any atom is -0.481 e. The molecule has 0 amide bonds. The van der Waals surface area contributed by atoms with Gasteiger partial charge in [-0.2, -0.15) is 0 Å². The van der Waals surface area contributed by atoms with Gasteiger partial charge in [0.15, 0.2) is 0 Å². The predicted octanol–water partition coefficient (Wildman–Crippen LogP) is 1.81. The highest BCUT2D eigenvalue weighted by atomic mass is 16.4. The fourth-order valence-electron chi connectivity index (χ4n) is 2.27. The molecule has 2 heterocycles. The first-order valence-corrected chi connectivity index (χ1v) is 6.01. The second kappa shape index (κ2) is 5.17. The number of carboxylic acid groups (broad SMARTS) is 1. The molecule has 4 nitrogen and oxygen atoms in total. The van der Waals surface area contributed by atoms with Crippen LogP contribution >= 0.6 is 0 Å². The second-order valence-electron chi connectivity index (χ2n) is 4.49. The van der Waals surface area contributed by atoms with Gasteiger partial charge in [-0.25, -0.2) is 0 Å². The number of hydrogen-bond acceptors (Lipinski definition) is 3. The Balaban J connectivity index is 2.24. The molecule has 4 heteroatoms. The van der Waals surface area contributed by atoms with E-state index in [2.05, 4.69) is 16.1 Å². The molecule has 0 bridgehead atoms. The van der Waals surface area contributed by atoms with Gasteiger partial charge >= 0.3 is 5.97 Å². The van der Waals surface area contributed by atoms with Gasteiger partial charge in [-0.1, -0.05) is 0 Å². The van der Waals surface area contributed by atoms with E-state index in [0.717, 1.165) is 29.9 Å². The molecule has 0 spiro atoms. The van der Waals surface area contributed by atoms with Gasteiger partial charge in [-0.05, 0) is 37.3 Å². The van der Waals surface area contributed by atoms with E-state index >= 15 is 0 Å². The minimum atomic E-state index is -0.814. The van der Waals surface area contributed by atoms with Crippen LogP contribution in [0.5, 0.6) is 0 Å². The summed E-state index contributed by atoms with van der Waals surface area (Å²) in [5, 5.41) is 8.84. The quantitative estimate of drug-likeness (QED) is 0.865. The lowest BCUT2D eigenvalue weighted by Crippen LogP contribution is -2.30. The molecule has 1 aromatic rings. The summed E-state index contributed by atoms with van der Waals surface area (Å²) in [4.78, 5) is 17.1. The predicted molar refractivity (Wildman–Crippen MR) is 65.2 cm³/mol. The molecular weight excluding hydrogens is 216 g/mol. The summed E-state index contributed by atoms with van der Waals surface area (Å²) in [6, 6.07) is 0. The Labute approximate surface area is 101 Å². The number of pyridine rings is 1. The van der Waals surface area contributed by atoms with E-state index in [1.165, 1.54) is 19.3 Å². The van der Waals surface area contributed by atoms with Gasteiger partial charge in [0.05, 0.1) is 12.1 Å². The van der Waals surface area contributed by atoms with Crippen LogP contribution < -0.4 is 4.90 Å². The van der Waals surface area contributed by atoms with E-state index < -0.39 is 5.97 Å². The van der Waals surface area contributed by atoms with Crippen LogP contribution in [-0.2, 0) is 11.2 Å². The first-order valence-electron chi connectivity index (χ1n) is 6.01. The summed E-state index contributed by atoms with van der Waals surface area (Å²) < 4.78 is 0. The molecule has 1 radical (unpaired) electrons. The lowest BCUT2D eigenvalue weighted by Gasteiger charge is -2.30. The van der Waals surface area contributed by atoms with Gasteiger partial charge in [-0.3, -0.25) is 9.78 Å². The van der Waals surface area contributed by atoms with Gasteiger partial charge in [0, 0.05) is 19.3 Å². The molecule has 1 N–H and O–H groups in total. The largest absolute Gasteiger partial charge is 0.481 e. The lowest BCUT2D eigenvalue weighted by atomic mass is 10.0. The van der Waals surface area contributed by atoms with Crippen molar-refractivity contribution in [2.24, 2.45) is 0 Å². The topological polar surface area (TPSA) is 53.4 Å². The normalized spacial score (nSPS) is 15.9. The molecule has 0 unspecified atom stereocenters. The van der Waals surface area contributed by atoms with Crippen LogP contribution in [-0.4, -0.2) is 29.1 Å². The van der Waals surface area contributed by atoms with Crippen LogP contribution in [0.15, 0.2) is 6.20 Å². The average Bonchev–Trinajstić information content (AvgIpc) is 2.32. The molecular formula is C13H17N2O2. The summed E-state index contributed by atoms with van der Waals surface area (Å²) in [6.45, 7) is 4.01. The van der Waals surface area contributed by atoms with E-state index in [-0.39, 0.29) is 6.42 Å². The van der Waals surface area contributed by atoms with E-state index in [4.69, 9.17) is 5.11 Å². The zero-order chi connectivity index (χ0) is 12.3. The molecule has 1 saturated heterocycles. The van der Waals surface area contributed by atoms with E-state index in [9.17, 15) is 4.79 Å². The standard InChI is InChI=1S/C13H17N2O2/c1-10-11(7-13(16)17)8-14-9-12(10)15-5-3-2-4-6-15/h8H,2-7H2,1H3,(H,16,17). The molecule has 1 aliphatic rings. The maximum absolute atomic E-state index is 10.8. The maximum atomic E-state index is 10.8. The Bertz CT molecular complexity index is 412. The van der Waals surface area contributed by atoms with Gasteiger partial charge in [0.2, 0.25) is 0 Å². The monoisotopic (exact) mass is 233 g/mol. The van der Waals surface area contributed by atoms with Crippen molar-refractivity contribution in [3.63, 3.8) is 0 Å². The molecule has 0 aliphatic carbocycles. The highest BCUT2D eigenvalue weighted by Crippen LogP contribution is 2.24.